The number of rotatable bonds is 3. The molecule has 0 bridgehead atoms. The van der Waals surface area contributed by atoms with E-state index in [0.717, 1.165) is 0 Å². The standard InChI is InChI=1S/C8H4ClF3INO2/c9-2-4-1-5(13)7(14-6(4)3-15)16-8(10,11)12/h1,3H,2H2. The number of pyridine rings is 1. The largest absolute Gasteiger partial charge is 0.574 e. The van der Waals surface area contributed by atoms with Gasteiger partial charge in [-0.1, -0.05) is 0 Å². The van der Waals surface area contributed by atoms with Gasteiger partial charge in [-0.05, 0) is 34.2 Å². The number of carbonyl (C=O) groups is 1. The lowest BCUT2D eigenvalue weighted by Crippen LogP contribution is -2.19. The molecule has 0 spiro atoms. The predicted molar refractivity (Wildman–Crippen MR) is 58.6 cm³/mol. The molecule has 0 aliphatic rings. The minimum absolute atomic E-state index is 0.0105. The number of alkyl halides is 4. The Balaban J connectivity index is 3.16. The van der Waals surface area contributed by atoms with Crippen LogP contribution in [0, 0.1) is 3.57 Å². The van der Waals surface area contributed by atoms with Gasteiger partial charge in [-0.2, -0.15) is 0 Å². The van der Waals surface area contributed by atoms with Crippen LogP contribution in [-0.2, 0) is 5.88 Å². The summed E-state index contributed by atoms with van der Waals surface area (Å²) in [5, 5.41) is 0. The molecule has 1 aromatic rings. The van der Waals surface area contributed by atoms with Crippen molar-refractivity contribution in [1.29, 1.82) is 0 Å². The second kappa shape index (κ2) is 5.17. The van der Waals surface area contributed by atoms with Crippen molar-refractivity contribution in [3.05, 3.63) is 20.9 Å². The van der Waals surface area contributed by atoms with Crippen molar-refractivity contribution in [3.63, 3.8) is 0 Å². The van der Waals surface area contributed by atoms with Gasteiger partial charge in [0.05, 0.1) is 3.57 Å². The van der Waals surface area contributed by atoms with Gasteiger partial charge in [0, 0.05) is 5.88 Å². The first-order chi connectivity index (χ1) is 7.37. The van der Waals surface area contributed by atoms with E-state index in [4.69, 9.17) is 11.6 Å². The number of carbonyl (C=O) groups excluding carboxylic acids is 1. The van der Waals surface area contributed by atoms with Crippen molar-refractivity contribution in [2.24, 2.45) is 0 Å². The van der Waals surface area contributed by atoms with Crippen molar-refractivity contribution in [2.45, 2.75) is 12.2 Å². The van der Waals surface area contributed by atoms with Gasteiger partial charge in [0.15, 0.2) is 6.29 Å². The molecule has 0 fully saturated rings. The minimum Gasteiger partial charge on any atom is -0.387 e. The summed E-state index contributed by atoms with van der Waals surface area (Å²) in [7, 11) is 0. The summed E-state index contributed by atoms with van der Waals surface area (Å²) in [5.41, 5.74) is 0.199. The summed E-state index contributed by atoms with van der Waals surface area (Å²) in [5.74, 6) is -0.660. The summed E-state index contributed by atoms with van der Waals surface area (Å²) in [6.07, 6.45) is -4.51. The van der Waals surface area contributed by atoms with E-state index in [1.165, 1.54) is 6.07 Å². The zero-order valence-electron chi connectivity index (χ0n) is 7.52. The molecule has 3 nitrogen and oxygen atoms in total. The molecular formula is C8H4ClF3INO2. The smallest absolute Gasteiger partial charge is 0.387 e. The van der Waals surface area contributed by atoms with E-state index >= 15 is 0 Å². The van der Waals surface area contributed by atoms with Gasteiger partial charge in [0.1, 0.15) is 5.69 Å². The molecule has 0 radical (unpaired) electrons. The van der Waals surface area contributed by atoms with E-state index in [2.05, 4.69) is 9.72 Å². The molecule has 0 atom stereocenters. The molecule has 0 aromatic carbocycles. The van der Waals surface area contributed by atoms with Gasteiger partial charge in [0.2, 0.25) is 5.88 Å². The molecular weight excluding hydrogens is 361 g/mol. The summed E-state index contributed by atoms with van der Waals surface area (Å²) in [6.45, 7) is 0. The van der Waals surface area contributed by atoms with E-state index in [-0.39, 0.29) is 15.1 Å². The van der Waals surface area contributed by atoms with Crippen LogP contribution in [0.3, 0.4) is 0 Å². The molecule has 16 heavy (non-hydrogen) atoms. The number of aldehydes is 1. The number of aromatic nitrogens is 1. The predicted octanol–water partition coefficient (Wildman–Crippen LogP) is 3.14. The maximum Gasteiger partial charge on any atom is 0.574 e. The molecule has 0 aliphatic heterocycles. The number of hydrogen-bond donors (Lipinski definition) is 0. The first kappa shape index (κ1) is 13.5. The maximum atomic E-state index is 12.0. The van der Waals surface area contributed by atoms with Crippen LogP contribution in [0.25, 0.3) is 0 Å². The number of hydrogen-bond acceptors (Lipinski definition) is 3. The Morgan fingerprint density at radius 1 is 1.56 bits per heavy atom. The number of nitrogens with zero attached hydrogens (tertiary/aromatic N) is 1. The highest BCUT2D eigenvalue weighted by Crippen LogP contribution is 2.27. The maximum absolute atomic E-state index is 12.0. The molecule has 0 unspecified atom stereocenters. The Hall–Kier alpha value is -0.570. The zero-order valence-corrected chi connectivity index (χ0v) is 10.4. The fourth-order valence-corrected chi connectivity index (χ4v) is 1.73. The molecule has 0 saturated heterocycles. The van der Waals surface area contributed by atoms with Gasteiger partial charge in [-0.15, -0.1) is 24.8 Å². The van der Waals surface area contributed by atoms with Crippen LogP contribution in [0.2, 0.25) is 0 Å². The molecule has 0 N–H and O–H groups in total. The van der Waals surface area contributed by atoms with Crippen LogP contribution in [0.15, 0.2) is 6.07 Å². The average molecular weight is 365 g/mol. The SMILES string of the molecule is O=Cc1nc(OC(F)(F)F)c(I)cc1CCl. The summed E-state index contributed by atoms with van der Waals surface area (Å²) >= 11 is 7.12. The Morgan fingerprint density at radius 2 is 2.19 bits per heavy atom. The van der Waals surface area contributed by atoms with Gasteiger partial charge in [-0.25, -0.2) is 4.98 Å². The van der Waals surface area contributed by atoms with Crippen LogP contribution in [0.1, 0.15) is 16.1 Å². The quantitative estimate of drug-likeness (QED) is 0.469. The Morgan fingerprint density at radius 3 is 2.62 bits per heavy atom. The van der Waals surface area contributed by atoms with Crippen LogP contribution < -0.4 is 4.74 Å². The van der Waals surface area contributed by atoms with Gasteiger partial charge in [-0.3, -0.25) is 4.79 Å². The van der Waals surface area contributed by atoms with Crippen molar-refractivity contribution < 1.29 is 22.7 Å². The minimum atomic E-state index is -4.84. The van der Waals surface area contributed by atoms with Crippen LogP contribution >= 0.6 is 34.2 Å². The average Bonchev–Trinajstić information content (AvgIpc) is 2.18. The third-order valence-electron chi connectivity index (χ3n) is 1.52. The second-order valence-corrected chi connectivity index (χ2v) is 4.05. The van der Waals surface area contributed by atoms with Crippen LogP contribution in [-0.4, -0.2) is 17.6 Å². The second-order valence-electron chi connectivity index (χ2n) is 2.62. The van der Waals surface area contributed by atoms with E-state index < -0.39 is 12.2 Å². The fourth-order valence-electron chi connectivity index (χ4n) is 0.914. The Kier molecular flexibility index (Phi) is 4.36. The number of halogens is 5. The molecule has 0 saturated carbocycles. The van der Waals surface area contributed by atoms with Crippen molar-refractivity contribution >= 4 is 40.5 Å². The number of ether oxygens (including phenoxy) is 1. The summed E-state index contributed by atoms with van der Waals surface area (Å²) in [6, 6.07) is 1.32. The van der Waals surface area contributed by atoms with E-state index in [9.17, 15) is 18.0 Å². The van der Waals surface area contributed by atoms with Gasteiger partial charge >= 0.3 is 6.36 Å². The molecule has 88 valence electrons. The van der Waals surface area contributed by atoms with Crippen molar-refractivity contribution in [1.82, 2.24) is 4.98 Å². The van der Waals surface area contributed by atoms with Gasteiger partial charge < -0.3 is 4.74 Å². The normalized spacial score (nSPS) is 11.3. The lowest BCUT2D eigenvalue weighted by atomic mass is 10.2. The highest BCUT2D eigenvalue weighted by atomic mass is 127. The molecule has 1 aromatic heterocycles. The molecule has 1 heterocycles. The van der Waals surface area contributed by atoms with E-state index in [1.54, 1.807) is 22.6 Å². The highest BCUT2D eigenvalue weighted by molar-refractivity contribution is 14.1. The lowest BCUT2D eigenvalue weighted by molar-refractivity contribution is -0.276. The Bertz CT molecular complexity index is 411. The Labute approximate surface area is 107 Å². The topological polar surface area (TPSA) is 39.2 Å². The fraction of sp³-hybridized carbons (Fsp3) is 0.250. The molecule has 0 aliphatic carbocycles. The third kappa shape index (κ3) is 3.48. The summed E-state index contributed by atoms with van der Waals surface area (Å²) < 4.78 is 39.7. The monoisotopic (exact) mass is 365 g/mol. The molecule has 8 heteroatoms. The van der Waals surface area contributed by atoms with Crippen molar-refractivity contribution in [3.8, 4) is 5.88 Å². The highest BCUT2D eigenvalue weighted by Gasteiger charge is 2.33. The van der Waals surface area contributed by atoms with E-state index in [1.807, 2.05) is 0 Å². The third-order valence-corrected chi connectivity index (χ3v) is 2.59. The zero-order chi connectivity index (χ0) is 12.3. The van der Waals surface area contributed by atoms with Crippen molar-refractivity contribution in [2.75, 3.05) is 0 Å². The van der Waals surface area contributed by atoms with Crippen LogP contribution in [0.4, 0.5) is 13.2 Å². The lowest BCUT2D eigenvalue weighted by Gasteiger charge is -2.11. The summed E-state index contributed by atoms with van der Waals surface area (Å²) in [4.78, 5) is 14.0. The first-order valence-corrected chi connectivity index (χ1v) is 5.45. The first-order valence-electron chi connectivity index (χ1n) is 3.83. The van der Waals surface area contributed by atoms with E-state index in [0.29, 0.717) is 11.8 Å². The molecule has 1 rings (SSSR count). The molecule has 0 amide bonds. The van der Waals surface area contributed by atoms with Crippen LogP contribution in [0.5, 0.6) is 5.88 Å². The van der Waals surface area contributed by atoms with Gasteiger partial charge in [0.25, 0.3) is 0 Å².